The normalized spacial score (nSPS) is 21.1. The third kappa shape index (κ3) is 6.19. The summed E-state index contributed by atoms with van der Waals surface area (Å²) in [6, 6.07) is 3.58. The minimum absolute atomic E-state index is 0.0183. The van der Waals surface area contributed by atoms with E-state index in [-0.39, 0.29) is 34.0 Å². The summed E-state index contributed by atoms with van der Waals surface area (Å²) in [4.78, 5) is 23.2. The Morgan fingerprint density at radius 2 is 2.00 bits per heavy atom. The number of aromatic nitrogens is 2. The van der Waals surface area contributed by atoms with Crippen LogP contribution in [-0.4, -0.2) is 61.0 Å². The molecular weight excluding hydrogens is 476 g/mol. The lowest BCUT2D eigenvalue weighted by Crippen LogP contribution is -2.50. The van der Waals surface area contributed by atoms with Crippen LogP contribution in [0.1, 0.15) is 68.9 Å². The Kier molecular flexibility index (Phi) is 9.16. The molecule has 2 aromatic rings. The predicted molar refractivity (Wildman–Crippen MR) is 133 cm³/mol. The zero-order valence-electron chi connectivity index (χ0n) is 20.1. The number of pyridine rings is 1. The van der Waals surface area contributed by atoms with Crippen LogP contribution in [0.5, 0.6) is 0 Å². The molecule has 0 saturated carbocycles. The molecule has 0 amide bonds. The van der Waals surface area contributed by atoms with E-state index in [0.717, 1.165) is 49.0 Å². The summed E-state index contributed by atoms with van der Waals surface area (Å²) < 4.78 is 30.0. The van der Waals surface area contributed by atoms with Crippen molar-refractivity contribution in [3.8, 4) is 0 Å². The highest BCUT2D eigenvalue weighted by Gasteiger charge is 2.46. The molecule has 0 N–H and O–H groups in total. The van der Waals surface area contributed by atoms with E-state index in [2.05, 4.69) is 16.9 Å². The van der Waals surface area contributed by atoms with Crippen molar-refractivity contribution in [3.63, 3.8) is 0 Å². The molecule has 3 rings (SSSR count). The van der Waals surface area contributed by atoms with Crippen LogP contribution in [0.2, 0.25) is 0 Å². The maximum Gasteiger partial charge on any atom is 0.361 e. The quantitative estimate of drug-likeness (QED) is 0.238. The van der Waals surface area contributed by atoms with E-state index < -0.39 is 26.7 Å². The molecule has 2 unspecified atom stereocenters. The number of hydroxylamine groups is 2. The second-order valence-corrected chi connectivity index (χ2v) is 12.0. The number of unbranched alkanes of at least 4 members (excludes halogenated alkanes) is 2. The second kappa shape index (κ2) is 11.7. The summed E-state index contributed by atoms with van der Waals surface area (Å²) >= 11 is 0.872. The van der Waals surface area contributed by atoms with E-state index in [0.29, 0.717) is 13.0 Å². The van der Waals surface area contributed by atoms with Crippen LogP contribution >= 0.6 is 11.3 Å². The fraction of sp³-hybridized carbons (Fsp3) is 0.609. The maximum atomic E-state index is 14.0. The van der Waals surface area contributed by atoms with Gasteiger partial charge in [0.15, 0.2) is 9.84 Å². The molecule has 2 atom stereocenters. The number of esters is 1. The van der Waals surface area contributed by atoms with Gasteiger partial charge in [0.25, 0.3) is 11.4 Å². The number of hydrogen-bond donors (Lipinski definition) is 0. The third-order valence-electron chi connectivity index (χ3n) is 5.79. The van der Waals surface area contributed by atoms with E-state index in [4.69, 9.17) is 4.74 Å². The molecule has 11 heteroatoms. The molecule has 9 nitrogen and oxygen atoms in total. The molecule has 2 aromatic heterocycles. The van der Waals surface area contributed by atoms with Crippen LogP contribution in [0.15, 0.2) is 28.7 Å². The van der Waals surface area contributed by atoms with Crippen molar-refractivity contribution in [3.05, 3.63) is 41.0 Å². The van der Waals surface area contributed by atoms with Crippen molar-refractivity contribution in [1.82, 2.24) is 19.5 Å². The van der Waals surface area contributed by atoms with Gasteiger partial charge in [0, 0.05) is 12.7 Å². The van der Waals surface area contributed by atoms with Gasteiger partial charge in [0.1, 0.15) is 16.6 Å². The molecule has 1 aliphatic rings. The standard InChI is InChI=1S/C23H34N4O5S2/c1-4-7-9-18-10-11-24-19(14-18)22(28)32-20-16-26(12-6-3)17-27(20,29)23-25-15-21(33-23)34(30,31)13-8-5-2/h10-11,14-15,20H,4-9,12-13,16-17H2,1-3H3. The second-order valence-electron chi connectivity index (χ2n) is 8.66. The Hall–Kier alpha value is -1.92. The van der Waals surface area contributed by atoms with Crippen LogP contribution in [-0.2, 0) is 21.0 Å². The van der Waals surface area contributed by atoms with Crippen molar-refractivity contribution in [2.75, 3.05) is 25.5 Å². The van der Waals surface area contributed by atoms with Gasteiger partial charge < -0.3 is 9.94 Å². The first kappa shape index (κ1) is 26.7. The Bertz CT molecular complexity index is 1070. The van der Waals surface area contributed by atoms with Crippen molar-refractivity contribution in [1.29, 1.82) is 0 Å². The van der Waals surface area contributed by atoms with Gasteiger partial charge in [-0.15, -0.1) is 0 Å². The molecule has 34 heavy (non-hydrogen) atoms. The first-order chi connectivity index (χ1) is 16.2. The number of ether oxygens (including phenoxy) is 1. The molecule has 0 bridgehead atoms. The number of carbonyl (C=O) groups is 1. The van der Waals surface area contributed by atoms with Crippen LogP contribution < -0.4 is 4.65 Å². The third-order valence-corrected chi connectivity index (χ3v) is 9.25. The molecule has 1 saturated heterocycles. The van der Waals surface area contributed by atoms with Gasteiger partial charge in [-0.1, -0.05) is 33.6 Å². The lowest BCUT2D eigenvalue weighted by Gasteiger charge is -2.38. The Morgan fingerprint density at radius 1 is 1.24 bits per heavy atom. The number of carbonyl (C=O) groups excluding carboxylic acids is 1. The number of thiazole rings is 1. The highest BCUT2D eigenvalue weighted by Crippen LogP contribution is 2.37. The molecule has 0 radical (unpaired) electrons. The molecule has 1 aliphatic heterocycles. The maximum absolute atomic E-state index is 14.0. The zero-order chi connectivity index (χ0) is 24.8. The smallest absolute Gasteiger partial charge is 0.361 e. The fourth-order valence-corrected chi connectivity index (χ4v) is 6.68. The van der Waals surface area contributed by atoms with Gasteiger partial charge >= 0.3 is 5.97 Å². The molecule has 0 aliphatic carbocycles. The first-order valence-electron chi connectivity index (χ1n) is 11.9. The number of hydrogen-bond acceptors (Lipinski definition) is 9. The van der Waals surface area contributed by atoms with E-state index in [9.17, 15) is 18.4 Å². The SMILES string of the molecule is CCCCc1ccnc(C(=O)OC2CN(CCC)C[N+]2([O-])c2ncc(S(=O)(=O)CCCC)s2)c1. The molecule has 1 fully saturated rings. The number of aryl methyl sites for hydroxylation is 1. The van der Waals surface area contributed by atoms with Gasteiger partial charge in [-0.05, 0) is 54.7 Å². The van der Waals surface area contributed by atoms with E-state index >= 15 is 0 Å². The average molecular weight is 511 g/mol. The topological polar surface area (TPSA) is 113 Å². The Morgan fingerprint density at radius 3 is 2.71 bits per heavy atom. The van der Waals surface area contributed by atoms with Crippen molar-refractivity contribution < 1.29 is 17.9 Å². The lowest BCUT2D eigenvalue weighted by molar-refractivity contribution is 0.00497. The van der Waals surface area contributed by atoms with E-state index in [1.165, 1.54) is 6.20 Å². The van der Waals surface area contributed by atoms with Crippen LogP contribution in [0.25, 0.3) is 0 Å². The minimum Gasteiger partial charge on any atom is -0.622 e. The van der Waals surface area contributed by atoms with Gasteiger partial charge in [0.05, 0.1) is 18.5 Å². The molecule has 0 aromatic carbocycles. The average Bonchev–Trinajstić information content (AvgIpc) is 3.44. The summed E-state index contributed by atoms with van der Waals surface area (Å²) in [6.07, 6.45) is 6.78. The summed E-state index contributed by atoms with van der Waals surface area (Å²) in [5.74, 6) is -0.642. The Labute approximate surface area is 205 Å². The van der Waals surface area contributed by atoms with Gasteiger partial charge in [-0.2, -0.15) is 4.98 Å². The highest BCUT2D eigenvalue weighted by molar-refractivity contribution is 7.93. The predicted octanol–water partition coefficient (Wildman–Crippen LogP) is 4.13. The summed E-state index contributed by atoms with van der Waals surface area (Å²) in [6.45, 7) is 6.98. The van der Waals surface area contributed by atoms with E-state index in [1.54, 1.807) is 12.3 Å². The summed E-state index contributed by atoms with van der Waals surface area (Å²) in [5, 5.41) is 14.1. The monoisotopic (exact) mass is 510 g/mol. The largest absolute Gasteiger partial charge is 0.622 e. The summed E-state index contributed by atoms with van der Waals surface area (Å²) in [5.41, 5.74) is 1.16. The summed E-state index contributed by atoms with van der Waals surface area (Å²) in [7, 11) is -3.50. The lowest BCUT2D eigenvalue weighted by atomic mass is 10.1. The molecule has 0 spiro atoms. The fourth-order valence-electron chi connectivity index (χ4n) is 3.89. The van der Waals surface area contributed by atoms with Crippen LogP contribution in [0.3, 0.4) is 0 Å². The molecule has 3 heterocycles. The van der Waals surface area contributed by atoms with Crippen molar-refractivity contribution >= 4 is 32.3 Å². The Balaban J connectivity index is 1.84. The van der Waals surface area contributed by atoms with Crippen LogP contribution in [0.4, 0.5) is 5.13 Å². The van der Waals surface area contributed by atoms with Crippen LogP contribution in [0, 0.1) is 5.21 Å². The zero-order valence-corrected chi connectivity index (χ0v) is 21.7. The van der Waals surface area contributed by atoms with Gasteiger partial charge in [-0.25, -0.2) is 23.1 Å². The molecular formula is C23H34N4O5S2. The number of nitrogens with zero attached hydrogens (tertiary/aromatic N) is 4. The van der Waals surface area contributed by atoms with Gasteiger partial charge in [0.2, 0.25) is 0 Å². The van der Waals surface area contributed by atoms with Gasteiger partial charge in [-0.3, -0.25) is 4.65 Å². The number of rotatable bonds is 12. The number of quaternary nitrogens is 1. The highest BCUT2D eigenvalue weighted by atomic mass is 32.2. The molecule has 188 valence electrons. The van der Waals surface area contributed by atoms with Crippen molar-refractivity contribution in [2.45, 2.75) is 69.7 Å². The first-order valence-corrected chi connectivity index (χ1v) is 14.4. The minimum atomic E-state index is -3.50. The number of sulfone groups is 1. The van der Waals surface area contributed by atoms with Crippen molar-refractivity contribution in [2.24, 2.45) is 0 Å². The van der Waals surface area contributed by atoms with E-state index in [1.807, 2.05) is 24.8 Å².